The van der Waals surface area contributed by atoms with E-state index in [0.717, 1.165) is 35.4 Å². The van der Waals surface area contributed by atoms with E-state index in [0.29, 0.717) is 36.3 Å². The lowest BCUT2D eigenvalue weighted by Crippen LogP contribution is -2.52. The van der Waals surface area contributed by atoms with Gasteiger partial charge in [-0.25, -0.2) is 9.50 Å². The minimum atomic E-state index is -0.357. The number of rotatable bonds is 9. The van der Waals surface area contributed by atoms with Gasteiger partial charge in [-0.1, -0.05) is 0 Å². The first-order chi connectivity index (χ1) is 16.4. The van der Waals surface area contributed by atoms with Gasteiger partial charge >= 0.3 is 0 Å². The first-order valence-corrected chi connectivity index (χ1v) is 11.4. The number of fused-ring (bicyclic) bond motifs is 1. The second-order valence-electron chi connectivity index (χ2n) is 8.57. The quantitative estimate of drug-likeness (QED) is 0.325. The predicted octanol–water partition coefficient (Wildman–Crippen LogP) is 2.18. The molecule has 10 heteroatoms. The second-order valence-corrected chi connectivity index (χ2v) is 8.57. The van der Waals surface area contributed by atoms with Crippen LogP contribution in [-0.4, -0.2) is 74.2 Å². The van der Waals surface area contributed by atoms with Crippen molar-refractivity contribution in [2.75, 3.05) is 32.1 Å². The number of hydrogen-bond acceptors (Lipinski definition) is 9. The van der Waals surface area contributed by atoms with Crippen LogP contribution < -0.4 is 11.1 Å². The molecule has 0 spiro atoms. The lowest BCUT2D eigenvalue weighted by atomic mass is 10.0. The maximum absolute atomic E-state index is 9.65. The smallest absolute Gasteiger partial charge is 0.160 e. The third-order valence-corrected chi connectivity index (χ3v) is 5.99. The SMILES string of the molecule is CN=C(/C(=C\N)OC[C@H]1CCN1C[C@H](C)O)c1ccn2nc(Nc3cnc(C)c(C)n3)cc2c1. The van der Waals surface area contributed by atoms with Crippen molar-refractivity contribution < 1.29 is 9.84 Å². The molecule has 1 saturated heterocycles. The van der Waals surface area contributed by atoms with Crippen LogP contribution in [0.4, 0.5) is 11.6 Å². The molecular formula is C24H32N8O2. The van der Waals surface area contributed by atoms with Crippen LogP contribution in [0.3, 0.4) is 0 Å². The molecule has 0 aromatic carbocycles. The maximum atomic E-state index is 9.65. The number of ether oxygens (including phenoxy) is 1. The molecule has 0 aliphatic carbocycles. The summed E-state index contributed by atoms with van der Waals surface area (Å²) in [6.07, 6.45) is 5.69. The zero-order valence-corrected chi connectivity index (χ0v) is 20.1. The summed E-state index contributed by atoms with van der Waals surface area (Å²) in [4.78, 5) is 15.5. The standard InChI is InChI=1S/C24H32N8O2/c1-15(33)13-31-7-6-19(31)14-34-21(11-25)24(26-4)18-5-8-32-20(9-18)10-22(30-32)29-23-12-27-16(2)17(3)28-23/h5,8-12,15,19,33H,6-7,13-14,25H2,1-4H3,(H,28,29,30)/b21-11+,26-24?/t15-,19+/m0/s1. The fourth-order valence-electron chi connectivity index (χ4n) is 3.96. The summed E-state index contributed by atoms with van der Waals surface area (Å²) in [5, 5.41) is 17.4. The topological polar surface area (TPSA) is 126 Å². The zero-order chi connectivity index (χ0) is 24.2. The number of nitrogens with zero attached hydrogens (tertiary/aromatic N) is 6. The van der Waals surface area contributed by atoms with Crippen LogP contribution in [0.15, 0.2) is 47.5 Å². The van der Waals surface area contributed by atoms with Crippen LogP contribution >= 0.6 is 0 Å². The van der Waals surface area contributed by atoms with Crippen LogP contribution in [0.5, 0.6) is 0 Å². The number of aromatic nitrogens is 4. The van der Waals surface area contributed by atoms with Crippen molar-refractivity contribution in [1.29, 1.82) is 0 Å². The monoisotopic (exact) mass is 464 g/mol. The number of aryl methyl sites for hydroxylation is 2. The zero-order valence-electron chi connectivity index (χ0n) is 20.1. The first-order valence-electron chi connectivity index (χ1n) is 11.4. The molecule has 0 amide bonds. The van der Waals surface area contributed by atoms with Gasteiger partial charge in [-0.2, -0.15) is 5.10 Å². The van der Waals surface area contributed by atoms with Crippen molar-refractivity contribution in [2.45, 2.75) is 39.3 Å². The Morgan fingerprint density at radius 1 is 1.35 bits per heavy atom. The van der Waals surface area contributed by atoms with Crippen LogP contribution in [0.1, 0.15) is 30.3 Å². The van der Waals surface area contributed by atoms with Gasteiger partial charge in [0, 0.05) is 50.2 Å². The molecule has 180 valence electrons. The Morgan fingerprint density at radius 3 is 2.82 bits per heavy atom. The molecular weight excluding hydrogens is 432 g/mol. The molecule has 34 heavy (non-hydrogen) atoms. The Balaban J connectivity index is 1.47. The number of anilines is 2. The van der Waals surface area contributed by atoms with Gasteiger partial charge in [-0.05, 0) is 39.3 Å². The second kappa shape index (κ2) is 10.2. The van der Waals surface area contributed by atoms with Crippen molar-refractivity contribution in [3.8, 4) is 0 Å². The molecule has 10 nitrogen and oxygen atoms in total. The third kappa shape index (κ3) is 5.18. The number of aliphatic hydroxyl groups is 1. The summed E-state index contributed by atoms with van der Waals surface area (Å²) < 4.78 is 7.84. The van der Waals surface area contributed by atoms with Gasteiger partial charge in [0.05, 0.1) is 29.2 Å². The Labute approximate surface area is 199 Å². The first kappa shape index (κ1) is 23.7. The minimum Gasteiger partial charge on any atom is -0.488 e. The average Bonchev–Trinajstić information content (AvgIpc) is 3.20. The average molecular weight is 465 g/mol. The number of β-amino-alcohol motifs (C(OH)–C–C–N with tert-alkyl or cyclic N) is 1. The molecule has 0 unspecified atom stereocenters. The summed E-state index contributed by atoms with van der Waals surface area (Å²) in [5.74, 6) is 1.84. The fraction of sp³-hybridized carbons (Fsp3) is 0.417. The van der Waals surface area contributed by atoms with Crippen molar-refractivity contribution in [2.24, 2.45) is 10.7 Å². The summed E-state index contributed by atoms with van der Waals surface area (Å²) in [6.45, 7) is 7.76. The number of hydrogen-bond donors (Lipinski definition) is 3. The van der Waals surface area contributed by atoms with Crippen molar-refractivity contribution in [1.82, 2.24) is 24.5 Å². The predicted molar refractivity (Wildman–Crippen MR) is 132 cm³/mol. The molecule has 4 rings (SSSR count). The van der Waals surface area contributed by atoms with E-state index >= 15 is 0 Å². The van der Waals surface area contributed by atoms with Crippen LogP contribution in [0.2, 0.25) is 0 Å². The van der Waals surface area contributed by atoms with Gasteiger partial charge in [0.15, 0.2) is 11.6 Å². The molecule has 0 radical (unpaired) electrons. The van der Waals surface area contributed by atoms with Gasteiger partial charge in [-0.3, -0.25) is 14.9 Å². The summed E-state index contributed by atoms with van der Waals surface area (Å²) in [6, 6.07) is 6.12. The Hall–Kier alpha value is -3.50. The normalized spacial score (nSPS) is 18.1. The lowest BCUT2D eigenvalue weighted by molar-refractivity contribution is 0.00267. The fourth-order valence-corrected chi connectivity index (χ4v) is 3.96. The van der Waals surface area contributed by atoms with Gasteiger partial charge < -0.3 is 20.9 Å². The van der Waals surface area contributed by atoms with E-state index in [9.17, 15) is 5.11 Å². The molecule has 1 fully saturated rings. The third-order valence-electron chi connectivity index (χ3n) is 5.99. The Kier molecular flexibility index (Phi) is 7.09. The van der Waals surface area contributed by atoms with E-state index in [-0.39, 0.29) is 12.1 Å². The van der Waals surface area contributed by atoms with Gasteiger partial charge in [-0.15, -0.1) is 0 Å². The molecule has 1 aliphatic rings. The number of nitrogens with one attached hydrogen (secondary N) is 1. The van der Waals surface area contributed by atoms with Gasteiger partial charge in [0.25, 0.3) is 0 Å². The molecule has 4 N–H and O–H groups in total. The highest BCUT2D eigenvalue weighted by Crippen LogP contribution is 2.22. The van der Waals surface area contributed by atoms with Crippen molar-refractivity contribution >= 4 is 22.9 Å². The van der Waals surface area contributed by atoms with Gasteiger partial charge in [0.2, 0.25) is 0 Å². The molecule has 3 aromatic rings. The summed E-state index contributed by atoms with van der Waals surface area (Å²) in [7, 11) is 1.72. The summed E-state index contributed by atoms with van der Waals surface area (Å²) >= 11 is 0. The summed E-state index contributed by atoms with van der Waals surface area (Å²) in [5.41, 5.74) is 10.1. The van der Waals surface area contributed by atoms with Crippen LogP contribution in [0, 0.1) is 13.8 Å². The number of pyridine rings is 1. The number of nitrogens with two attached hydrogens (primary N) is 1. The molecule has 1 aliphatic heterocycles. The molecule has 2 atom stereocenters. The molecule has 0 bridgehead atoms. The van der Waals surface area contributed by atoms with Crippen LogP contribution in [-0.2, 0) is 4.74 Å². The van der Waals surface area contributed by atoms with Crippen LogP contribution in [0.25, 0.3) is 5.52 Å². The van der Waals surface area contributed by atoms with E-state index in [2.05, 4.69) is 30.3 Å². The Bertz CT molecular complexity index is 1220. The molecule has 3 aromatic heterocycles. The van der Waals surface area contributed by atoms with Crippen molar-refractivity contribution in [3.05, 3.63) is 59.5 Å². The number of likely N-dealkylation sites (tertiary alicyclic amines) is 1. The largest absolute Gasteiger partial charge is 0.488 e. The molecule has 0 saturated carbocycles. The van der Waals surface area contributed by atoms with E-state index < -0.39 is 0 Å². The van der Waals surface area contributed by atoms with E-state index in [4.69, 9.17) is 10.5 Å². The number of aliphatic hydroxyl groups excluding tert-OH is 1. The lowest BCUT2D eigenvalue weighted by Gasteiger charge is -2.41. The highest BCUT2D eigenvalue weighted by molar-refractivity contribution is 6.11. The Morgan fingerprint density at radius 2 is 2.18 bits per heavy atom. The van der Waals surface area contributed by atoms with E-state index in [1.165, 1.54) is 6.20 Å². The maximum Gasteiger partial charge on any atom is 0.160 e. The number of allylic oxidation sites excluding steroid dienone is 1. The molecule has 4 heterocycles. The van der Waals surface area contributed by atoms with E-state index in [1.807, 2.05) is 38.2 Å². The minimum absolute atomic E-state index is 0.266. The van der Waals surface area contributed by atoms with E-state index in [1.54, 1.807) is 24.7 Å². The highest BCUT2D eigenvalue weighted by Gasteiger charge is 2.29. The van der Waals surface area contributed by atoms with Gasteiger partial charge in [0.1, 0.15) is 18.1 Å². The number of aliphatic imine (C=N–C) groups is 1. The van der Waals surface area contributed by atoms with Crippen molar-refractivity contribution in [3.63, 3.8) is 0 Å². The highest BCUT2D eigenvalue weighted by atomic mass is 16.5.